The van der Waals surface area contributed by atoms with Gasteiger partial charge in [-0.3, -0.25) is 0 Å². The maximum absolute atomic E-state index is 14.1. The van der Waals surface area contributed by atoms with Crippen LogP contribution < -0.4 is 4.43 Å². The van der Waals surface area contributed by atoms with Gasteiger partial charge in [0.1, 0.15) is 11.6 Å². The highest BCUT2D eigenvalue weighted by molar-refractivity contribution is 6.70. The minimum Gasteiger partial charge on any atom is -0.544 e. The predicted octanol–water partition coefficient (Wildman–Crippen LogP) is 5.74. The first-order valence-corrected chi connectivity index (χ1v) is 18.7. The molecule has 138 valence electrons. The zero-order valence-electron chi connectivity index (χ0n) is 16.7. The molecule has 0 aliphatic heterocycles. The number of rotatable bonds is 8. The molecule has 0 fully saturated rings. The second-order valence-electron chi connectivity index (χ2n) is 9.07. The molecular weight excluding hydrogens is 355 g/mol. The van der Waals surface area contributed by atoms with Crippen LogP contribution in [0.1, 0.15) is 11.1 Å². The second kappa shape index (κ2) is 7.82. The van der Waals surface area contributed by atoms with Crippen LogP contribution in [0.15, 0.2) is 12.1 Å². The molecule has 3 nitrogen and oxygen atoms in total. The number of hydrogen-bond acceptors (Lipinski definition) is 3. The molecule has 0 saturated carbocycles. The van der Waals surface area contributed by atoms with Crippen LogP contribution in [-0.2, 0) is 22.1 Å². The van der Waals surface area contributed by atoms with Crippen molar-refractivity contribution in [2.24, 2.45) is 0 Å². The number of halogens is 1. The van der Waals surface area contributed by atoms with Crippen LogP contribution in [0.5, 0.6) is 5.75 Å². The van der Waals surface area contributed by atoms with E-state index in [0.29, 0.717) is 13.2 Å². The summed E-state index contributed by atoms with van der Waals surface area (Å²) in [6, 6.07) is 3.07. The molecule has 0 aromatic heterocycles. The summed E-state index contributed by atoms with van der Waals surface area (Å²) in [5.41, 5.74) is 1.57. The molecule has 0 amide bonds. The van der Waals surface area contributed by atoms with Crippen molar-refractivity contribution in [2.75, 3.05) is 0 Å². The Balaban J connectivity index is 3.21. The van der Waals surface area contributed by atoms with Gasteiger partial charge in [0, 0.05) is 11.1 Å². The van der Waals surface area contributed by atoms with E-state index in [4.69, 9.17) is 13.3 Å². The van der Waals surface area contributed by atoms with Crippen LogP contribution in [0, 0.1) is 5.82 Å². The molecule has 7 heteroatoms. The summed E-state index contributed by atoms with van der Waals surface area (Å²) in [6.07, 6.45) is 0. The molecule has 1 aromatic carbocycles. The molecule has 0 spiro atoms. The van der Waals surface area contributed by atoms with Gasteiger partial charge in [-0.05, 0) is 71.1 Å². The molecule has 0 saturated heterocycles. The van der Waals surface area contributed by atoms with Crippen LogP contribution in [0.3, 0.4) is 0 Å². The zero-order valence-corrected chi connectivity index (χ0v) is 19.7. The van der Waals surface area contributed by atoms with Crippen LogP contribution in [-0.4, -0.2) is 25.0 Å². The third-order valence-electron chi connectivity index (χ3n) is 2.94. The standard InChI is InChI=1S/C17H33FO3Si3/c1-22(2,3)19-12-14-10-16(18)11-15(13-20-23(4,5)6)17(14)21-24(7,8)9/h10-11H,12-13H2,1-9H3. The van der Waals surface area contributed by atoms with Gasteiger partial charge in [-0.25, -0.2) is 4.39 Å². The molecule has 1 rings (SSSR count). The lowest BCUT2D eigenvalue weighted by Crippen LogP contribution is -2.31. The van der Waals surface area contributed by atoms with Crippen molar-refractivity contribution in [1.29, 1.82) is 0 Å². The summed E-state index contributed by atoms with van der Waals surface area (Å²) in [5, 5.41) is 0. The molecule has 24 heavy (non-hydrogen) atoms. The van der Waals surface area contributed by atoms with E-state index in [0.717, 1.165) is 16.9 Å². The summed E-state index contributed by atoms with van der Waals surface area (Å²) in [4.78, 5) is 0. The smallest absolute Gasteiger partial charge is 0.242 e. The highest BCUT2D eigenvalue weighted by Gasteiger charge is 2.24. The third kappa shape index (κ3) is 8.57. The van der Waals surface area contributed by atoms with Crippen molar-refractivity contribution >= 4 is 25.0 Å². The molecule has 1 aromatic rings. The average molecular weight is 389 g/mol. The molecule has 0 radical (unpaired) electrons. The first-order chi connectivity index (χ1) is 10.7. The lowest BCUT2D eigenvalue weighted by Gasteiger charge is -2.27. The Morgan fingerprint density at radius 3 is 1.38 bits per heavy atom. The lowest BCUT2D eigenvalue weighted by atomic mass is 10.1. The van der Waals surface area contributed by atoms with Crippen LogP contribution in [0.25, 0.3) is 0 Å². The Labute approximate surface area is 149 Å². The van der Waals surface area contributed by atoms with Crippen molar-refractivity contribution in [3.8, 4) is 5.75 Å². The molecule has 0 aliphatic carbocycles. The molecule has 0 aliphatic rings. The van der Waals surface area contributed by atoms with Gasteiger partial charge in [0.2, 0.25) is 8.32 Å². The predicted molar refractivity (Wildman–Crippen MR) is 107 cm³/mol. The Bertz CT molecular complexity index is 519. The van der Waals surface area contributed by atoms with E-state index in [1.165, 1.54) is 12.1 Å². The van der Waals surface area contributed by atoms with E-state index in [1.807, 2.05) is 0 Å². The van der Waals surface area contributed by atoms with E-state index in [2.05, 4.69) is 58.9 Å². The van der Waals surface area contributed by atoms with Crippen LogP contribution >= 0.6 is 0 Å². The fourth-order valence-electron chi connectivity index (χ4n) is 1.95. The van der Waals surface area contributed by atoms with Gasteiger partial charge in [-0.15, -0.1) is 0 Å². The molecule has 0 atom stereocenters. The minimum atomic E-state index is -1.84. The quantitative estimate of drug-likeness (QED) is 0.531. The topological polar surface area (TPSA) is 27.7 Å². The highest BCUT2D eigenvalue weighted by Crippen LogP contribution is 2.31. The van der Waals surface area contributed by atoms with E-state index in [-0.39, 0.29) is 5.82 Å². The Hall–Kier alpha value is -0.479. The summed E-state index contributed by atoms with van der Waals surface area (Å²) in [7, 11) is -5.23. The van der Waals surface area contributed by atoms with Crippen molar-refractivity contribution in [3.63, 3.8) is 0 Å². The molecule has 0 N–H and O–H groups in total. The maximum atomic E-state index is 14.1. The largest absolute Gasteiger partial charge is 0.544 e. The van der Waals surface area contributed by atoms with Crippen molar-refractivity contribution in [3.05, 3.63) is 29.1 Å². The van der Waals surface area contributed by atoms with Gasteiger partial charge in [0.15, 0.2) is 16.6 Å². The Morgan fingerprint density at radius 2 is 1.08 bits per heavy atom. The SMILES string of the molecule is C[Si](C)(C)OCc1cc(F)cc(CO[Si](C)(C)C)c1O[Si](C)(C)C. The lowest BCUT2D eigenvalue weighted by molar-refractivity contribution is 0.284. The summed E-state index contributed by atoms with van der Waals surface area (Å²) in [6.45, 7) is 19.9. The fourth-order valence-corrected chi connectivity index (χ4v) is 4.00. The zero-order chi connectivity index (χ0) is 18.8. The minimum absolute atomic E-state index is 0.263. The summed E-state index contributed by atoms with van der Waals surface area (Å²) in [5.74, 6) is 0.494. The molecule has 0 heterocycles. The third-order valence-corrected chi connectivity index (χ3v) is 5.77. The van der Waals surface area contributed by atoms with Gasteiger partial charge in [0.05, 0.1) is 13.2 Å². The van der Waals surface area contributed by atoms with Crippen LogP contribution in [0.4, 0.5) is 4.39 Å². The molecule has 0 unspecified atom stereocenters. The van der Waals surface area contributed by atoms with Gasteiger partial charge in [-0.2, -0.15) is 0 Å². The normalized spacial score (nSPS) is 13.2. The van der Waals surface area contributed by atoms with E-state index < -0.39 is 25.0 Å². The number of hydrogen-bond donors (Lipinski definition) is 0. The van der Waals surface area contributed by atoms with Crippen molar-refractivity contribution < 1.29 is 17.7 Å². The van der Waals surface area contributed by atoms with E-state index in [9.17, 15) is 4.39 Å². The average Bonchev–Trinajstić information content (AvgIpc) is 2.33. The monoisotopic (exact) mass is 388 g/mol. The maximum Gasteiger partial charge on any atom is 0.242 e. The fraction of sp³-hybridized carbons (Fsp3) is 0.647. The Kier molecular flexibility index (Phi) is 7.03. The Morgan fingerprint density at radius 1 is 0.708 bits per heavy atom. The van der Waals surface area contributed by atoms with Crippen molar-refractivity contribution in [1.82, 2.24) is 0 Å². The van der Waals surface area contributed by atoms with Crippen molar-refractivity contribution in [2.45, 2.75) is 72.1 Å². The van der Waals surface area contributed by atoms with E-state index >= 15 is 0 Å². The molecule has 0 bridgehead atoms. The summed E-state index contributed by atoms with van der Waals surface area (Å²) < 4.78 is 32.4. The van der Waals surface area contributed by atoms with Gasteiger partial charge >= 0.3 is 0 Å². The first kappa shape index (κ1) is 21.6. The highest BCUT2D eigenvalue weighted by atomic mass is 28.4. The second-order valence-corrected chi connectivity index (χ2v) is 22.5. The summed E-state index contributed by atoms with van der Waals surface area (Å²) >= 11 is 0. The molecular formula is C17H33FO3Si3. The first-order valence-electron chi connectivity index (χ1n) is 8.44. The van der Waals surface area contributed by atoms with E-state index in [1.54, 1.807) is 0 Å². The number of benzene rings is 1. The van der Waals surface area contributed by atoms with Gasteiger partial charge in [-0.1, -0.05) is 0 Å². The van der Waals surface area contributed by atoms with Crippen LogP contribution in [0.2, 0.25) is 58.9 Å². The van der Waals surface area contributed by atoms with Gasteiger partial charge in [0.25, 0.3) is 0 Å². The van der Waals surface area contributed by atoms with Gasteiger partial charge < -0.3 is 13.3 Å².